The molecule has 0 spiro atoms. The molecule has 0 N–H and O–H groups in total. The molecule has 1 aliphatic heterocycles. The van der Waals surface area contributed by atoms with E-state index in [1.165, 1.54) is 31.2 Å². The van der Waals surface area contributed by atoms with Gasteiger partial charge in [0.15, 0.2) is 0 Å². The molecule has 5 rings (SSSR count). The highest BCUT2D eigenvalue weighted by Gasteiger charge is 2.20. The molecule has 1 aromatic heterocycles. The Morgan fingerprint density at radius 3 is 2.35 bits per heavy atom. The lowest BCUT2D eigenvalue weighted by molar-refractivity contribution is 0.215. The van der Waals surface area contributed by atoms with Crippen LogP contribution in [0.2, 0.25) is 5.02 Å². The van der Waals surface area contributed by atoms with Gasteiger partial charge in [0.2, 0.25) is 0 Å². The molecule has 3 aromatic rings. The van der Waals surface area contributed by atoms with Crippen LogP contribution < -0.4 is 0 Å². The molecule has 1 saturated heterocycles. The van der Waals surface area contributed by atoms with Crippen LogP contribution in [0, 0.1) is 5.92 Å². The monoisotopic (exact) mass is 471 g/mol. The van der Waals surface area contributed by atoms with E-state index in [1.54, 1.807) is 0 Å². The maximum absolute atomic E-state index is 6.69. The number of rotatable bonds is 8. The van der Waals surface area contributed by atoms with Gasteiger partial charge in [0.25, 0.3) is 0 Å². The van der Waals surface area contributed by atoms with Crippen LogP contribution in [0.4, 0.5) is 0 Å². The predicted molar refractivity (Wildman–Crippen MR) is 145 cm³/mol. The largest absolute Gasteiger partial charge is 0.372 e. The highest BCUT2D eigenvalue weighted by Crippen LogP contribution is 2.34. The fourth-order valence-electron chi connectivity index (χ4n) is 4.90. The molecule has 0 unspecified atom stereocenters. The van der Waals surface area contributed by atoms with Gasteiger partial charge >= 0.3 is 0 Å². The van der Waals surface area contributed by atoms with Crippen LogP contribution in [0.3, 0.4) is 0 Å². The Hall–Kier alpha value is -2.78. The number of fused-ring (bicyclic) bond motifs is 1. The summed E-state index contributed by atoms with van der Waals surface area (Å²) in [6, 6.07) is 17.1. The van der Waals surface area contributed by atoms with E-state index in [-0.39, 0.29) is 0 Å². The van der Waals surface area contributed by atoms with Crippen molar-refractivity contribution < 1.29 is 0 Å². The SMILES string of the molecule is C=C(C)N1CCN(C(=C)c2ccc3c(Cl)cc(-c4ccc(CCCC5CC5)cc4)nc3c2)CC1. The zero-order valence-corrected chi connectivity index (χ0v) is 20.9. The number of halogens is 1. The average molecular weight is 472 g/mol. The second-order valence-electron chi connectivity index (χ2n) is 9.91. The van der Waals surface area contributed by atoms with Crippen LogP contribution >= 0.6 is 11.6 Å². The summed E-state index contributed by atoms with van der Waals surface area (Å²) in [6.07, 6.45) is 6.70. The number of benzene rings is 2. The van der Waals surface area contributed by atoms with E-state index < -0.39 is 0 Å². The normalized spacial score (nSPS) is 16.2. The van der Waals surface area contributed by atoms with Crippen molar-refractivity contribution in [2.45, 2.75) is 39.0 Å². The van der Waals surface area contributed by atoms with E-state index in [1.807, 2.05) is 6.07 Å². The van der Waals surface area contributed by atoms with Gasteiger partial charge in [-0.3, -0.25) is 0 Å². The van der Waals surface area contributed by atoms with Gasteiger partial charge in [-0.05, 0) is 48.9 Å². The molecule has 0 atom stereocenters. The van der Waals surface area contributed by atoms with Crippen molar-refractivity contribution in [2.75, 3.05) is 26.2 Å². The van der Waals surface area contributed by atoms with Gasteiger partial charge in [-0.25, -0.2) is 4.98 Å². The van der Waals surface area contributed by atoms with Gasteiger partial charge in [0.05, 0.1) is 16.2 Å². The smallest absolute Gasteiger partial charge is 0.0731 e. The topological polar surface area (TPSA) is 19.4 Å². The minimum atomic E-state index is 0.737. The highest BCUT2D eigenvalue weighted by atomic mass is 35.5. The molecule has 1 saturated carbocycles. The molecule has 2 aliphatic rings. The van der Waals surface area contributed by atoms with E-state index in [2.05, 4.69) is 72.3 Å². The Balaban J connectivity index is 1.33. The molecular weight excluding hydrogens is 438 g/mol. The highest BCUT2D eigenvalue weighted by molar-refractivity contribution is 6.35. The van der Waals surface area contributed by atoms with Crippen molar-refractivity contribution in [1.29, 1.82) is 0 Å². The molecular formula is C30H34ClN3. The molecule has 0 radical (unpaired) electrons. The lowest BCUT2D eigenvalue weighted by atomic mass is 10.0. The minimum absolute atomic E-state index is 0.737. The molecule has 0 bridgehead atoms. The molecule has 1 aliphatic carbocycles. The molecule has 34 heavy (non-hydrogen) atoms. The lowest BCUT2D eigenvalue weighted by Crippen LogP contribution is -2.44. The first-order chi connectivity index (χ1) is 16.5. The van der Waals surface area contributed by atoms with Gasteiger partial charge in [-0.1, -0.05) is 80.4 Å². The number of hydrogen-bond acceptors (Lipinski definition) is 3. The summed E-state index contributed by atoms with van der Waals surface area (Å²) >= 11 is 6.69. The first-order valence-electron chi connectivity index (χ1n) is 12.5. The van der Waals surface area contributed by atoms with Crippen LogP contribution in [0.25, 0.3) is 27.9 Å². The number of allylic oxidation sites excluding steroid dienone is 1. The summed E-state index contributed by atoms with van der Waals surface area (Å²) in [5, 5.41) is 1.71. The van der Waals surface area contributed by atoms with Crippen molar-refractivity contribution >= 4 is 28.2 Å². The summed E-state index contributed by atoms with van der Waals surface area (Å²) in [5.41, 5.74) is 7.62. The van der Waals surface area contributed by atoms with Crippen molar-refractivity contribution in [3.05, 3.63) is 83.5 Å². The lowest BCUT2D eigenvalue weighted by Gasteiger charge is -2.38. The first-order valence-corrected chi connectivity index (χ1v) is 12.9. The van der Waals surface area contributed by atoms with E-state index in [0.29, 0.717) is 0 Å². The van der Waals surface area contributed by atoms with Crippen LogP contribution in [-0.2, 0) is 6.42 Å². The Morgan fingerprint density at radius 1 is 0.971 bits per heavy atom. The fraction of sp³-hybridized carbons (Fsp3) is 0.367. The zero-order valence-electron chi connectivity index (χ0n) is 20.2. The maximum Gasteiger partial charge on any atom is 0.0731 e. The number of pyridine rings is 1. The van der Waals surface area contributed by atoms with Crippen LogP contribution in [-0.4, -0.2) is 41.0 Å². The van der Waals surface area contributed by atoms with Crippen molar-refractivity contribution in [1.82, 2.24) is 14.8 Å². The zero-order chi connectivity index (χ0) is 23.7. The van der Waals surface area contributed by atoms with E-state index in [4.69, 9.17) is 16.6 Å². The van der Waals surface area contributed by atoms with E-state index in [0.717, 1.165) is 82.7 Å². The summed E-state index contributed by atoms with van der Waals surface area (Å²) in [6.45, 7) is 14.4. The Morgan fingerprint density at radius 2 is 1.68 bits per heavy atom. The first kappa shape index (κ1) is 23.0. The fourth-order valence-corrected chi connectivity index (χ4v) is 5.16. The standard InChI is InChI=1S/C30H34ClN3/c1-21(2)33-15-17-34(18-16-33)22(3)26-13-14-27-28(31)20-29(32-30(27)19-26)25-11-9-24(10-12-25)6-4-5-23-7-8-23/h9-14,19-20,23H,1,3-8,15-18H2,2H3. The maximum atomic E-state index is 6.69. The molecule has 2 fully saturated rings. The Bertz CT molecular complexity index is 1200. The van der Waals surface area contributed by atoms with Gasteiger partial charge in [-0.2, -0.15) is 0 Å². The Labute approximate surface area is 208 Å². The van der Waals surface area contributed by atoms with Crippen molar-refractivity contribution in [2.24, 2.45) is 5.92 Å². The number of hydrogen-bond donors (Lipinski definition) is 0. The third-order valence-corrected chi connectivity index (χ3v) is 7.63. The number of nitrogens with zero attached hydrogens (tertiary/aromatic N) is 3. The second kappa shape index (κ2) is 9.84. The summed E-state index contributed by atoms with van der Waals surface area (Å²) in [7, 11) is 0. The summed E-state index contributed by atoms with van der Waals surface area (Å²) in [4.78, 5) is 9.67. The van der Waals surface area contributed by atoms with E-state index in [9.17, 15) is 0 Å². The quantitative estimate of drug-likeness (QED) is 0.341. The minimum Gasteiger partial charge on any atom is -0.372 e. The number of aromatic nitrogens is 1. The molecule has 4 heteroatoms. The van der Waals surface area contributed by atoms with Crippen LogP contribution in [0.1, 0.15) is 43.7 Å². The van der Waals surface area contributed by atoms with Gasteiger partial charge in [0, 0.05) is 48.5 Å². The van der Waals surface area contributed by atoms with Gasteiger partial charge in [-0.15, -0.1) is 0 Å². The summed E-state index contributed by atoms with van der Waals surface area (Å²) in [5.74, 6) is 1.00. The van der Waals surface area contributed by atoms with Gasteiger partial charge in [0.1, 0.15) is 0 Å². The van der Waals surface area contributed by atoms with Crippen LogP contribution in [0.15, 0.2) is 67.4 Å². The third-order valence-electron chi connectivity index (χ3n) is 7.32. The van der Waals surface area contributed by atoms with Crippen molar-refractivity contribution in [3.63, 3.8) is 0 Å². The Kier molecular flexibility index (Phi) is 6.65. The average Bonchev–Trinajstić information content (AvgIpc) is 3.68. The molecule has 2 heterocycles. The number of aryl methyl sites for hydroxylation is 1. The second-order valence-corrected chi connectivity index (χ2v) is 10.3. The predicted octanol–water partition coefficient (Wildman–Crippen LogP) is 7.41. The number of piperazine rings is 1. The molecule has 0 amide bonds. The third kappa shape index (κ3) is 5.15. The summed E-state index contributed by atoms with van der Waals surface area (Å²) < 4.78 is 0. The van der Waals surface area contributed by atoms with Crippen LogP contribution in [0.5, 0.6) is 0 Å². The molecule has 176 valence electrons. The van der Waals surface area contributed by atoms with E-state index >= 15 is 0 Å². The molecule has 2 aromatic carbocycles. The van der Waals surface area contributed by atoms with Crippen molar-refractivity contribution in [3.8, 4) is 11.3 Å². The van der Waals surface area contributed by atoms with Gasteiger partial charge < -0.3 is 9.80 Å². The molecule has 3 nitrogen and oxygen atoms in total.